The highest BCUT2D eigenvalue weighted by molar-refractivity contribution is 6.28. The Labute approximate surface area is 370 Å². The fourth-order valence-electron chi connectivity index (χ4n) is 11.1. The van der Waals surface area contributed by atoms with Crippen molar-refractivity contribution >= 4 is 49.2 Å². The Bertz CT molecular complexity index is 3830. The average molecular weight is 816 g/mol. The Morgan fingerprint density at radius 2 is 1.03 bits per heavy atom. The van der Waals surface area contributed by atoms with E-state index in [2.05, 4.69) is 197 Å². The van der Waals surface area contributed by atoms with Crippen LogP contribution in [0.4, 0.5) is 0 Å². The zero-order valence-electron chi connectivity index (χ0n) is 34.9. The van der Waals surface area contributed by atoms with Crippen LogP contribution in [0, 0.1) is 12.3 Å². The van der Waals surface area contributed by atoms with Crippen LogP contribution < -0.4 is 0 Å². The van der Waals surface area contributed by atoms with Crippen molar-refractivity contribution in [2.45, 2.75) is 12.3 Å². The van der Waals surface area contributed by atoms with E-state index in [1.54, 1.807) is 6.08 Å². The van der Waals surface area contributed by atoms with Gasteiger partial charge in [0.05, 0.1) is 27.5 Å². The van der Waals surface area contributed by atoms with Crippen molar-refractivity contribution in [3.63, 3.8) is 0 Å². The van der Waals surface area contributed by atoms with Gasteiger partial charge in [0.15, 0.2) is 11.6 Å². The fourth-order valence-corrected chi connectivity index (χ4v) is 11.1. The van der Waals surface area contributed by atoms with Gasteiger partial charge in [0.2, 0.25) is 5.95 Å². The van der Waals surface area contributed by atoms with Gasteiger partial charge in [-0.25, -0.2) is 4.98 Å². The second-order valence-corrected chi connectivity index (χ2v) is 16.5. The molecule has 1 spiro atoms. The van der Waals surface area contributed by atoms with Crippen molar-refractivity contribution in [1.29, 1.82) is 0 Å². The van der Waals surface area contributed by atoms with E-state index in [1.165, 1.54) is 49.7 Å². The molecular weight excluding hydrogens is 779 g/mol. The van der Waals surface area contributed by atoms with E-state index < -0.39 is 5.41 Å². The Morgan fingerprint density at radius 3 is 1.69 bits per heavy atom. The van der Waals surface area contributed by atoms with Crippen LogP contribution in [0.2, 0.25) is 0 Å². The number of para-hydroxylation sites is 3. The monoisotopic (exact) mass is 815 g/mol. The summed E-state index contributed by atoms with van der Waals surface area (Å²) in [6, 6.07) is 65.7. The van der Waals surface area contributed by atoms with Gasteiger partial charge in [0.1, 0.15) is 0 Å². The molecule has 3 aromatic heterocycles. The summed E-state index contributed by atoms with van der Waals surface area (Å²) in [5.41, 5.74) is 16.6. The summed E-state index contributed by atoms with van der Waals surface area (Å²) in [4.78, 5) is 16.2. The Balaban J connectivity index is 1.12. The molecule has 0 bridgehead atoms. The van der Waals surface area contributed by atoms with E-state index in [0.717, 1.165) is 55.2 Å². The Kier molecular flexibility index (Phi) is 7.73. The van der Waals surface area contributed by atoms with Gasteiger partial charge in [0, 0.05) is 38.4 Å². The predicted octanol–water partition coefficient (Wildman–Crippen LogP) is 13.7. The standard InChI is InChI=1S/C59H37N5/c1-3-5-20-37(4-2)56-60-57(44-28-19-32-48-53(44)41-25-11-16-31-47(41)59(48)45-29-14-9-23-39(45)40-24-10-15-30-46(40)59)62-58(61-56)64-50-34-18-13-27-43(50)55-52(64)36-35-51-54(55)42-26-12-17-33-49(42)63(51)38-21-7-6-8-22-38/h1,4-36H,2H3/b20-5-,37-4+. The van der Waals surface area contributed by atoms with Gasteiger partial charge >= 0.3 is 0 Å². The Hall–Kier alpha value is -8.59. The summed E-state index contributed by atoms with van der Waals surface area (Å²) in [6.07, 6.45) is 11.4. The number of nitrogens with zero attached hydrogens (tertiary/aromatic N) is 5. The first-order valence-corrected chi connectivity index (χ1v) is 21.7. The van der Waals surface area contributed by atoms with E-state index in [4.69, 9.17) is 21.4 Å². The summed E-state index contributed by atoms with van der Waals surface area (Å²) >= 11 is 0. The Morgan fingerprint density at radius 1 is 0.500 bits per heavy atom. The lowest BCUT2D eigenvalue weighted by Gasteiger charge is -2.30. The van der Waals surface area contributed by atoms with Gasteiger partial charge in [-0.1, -0.05) is 158 Å². The van der Waals surface area contributed by atoms with E-state index >= 15 is 0 Å². The average Bonchev–Trinajstić information content (AvgIpc) is 4.06. The molecule has 0 saturated heterocycles. The molecule has 0 N–H and O–H groups in total. The second kappa shape index (κ2) is 13.7. The summed E-state index contributed by atoms with van der Waals surface area (Å²) in [7, 11) is 0. The molecule has 0 amide bonds. The molecule has 298 valence electrons. The number of fused-ring (bicyclic) bond motifs is 17. The van der Waals surface area contributed by atoms with Gasteiger partial charge in [-0.05, 0) is 100.0 Å². The molecule has 3 heterocycles. The van der Waals surface area contributed by atoms with E-state index in [9.17, 15) is 0 Å². The number of allylic oxidation sites excluding steroid dienone is 4. The maximum atomic E-state index is 5.79. The number of terminal acetylenes is 1. The molecule has 13 rings (SSSR count). The largest absolute Gasteiger partial charge is 0.309 e. The number of hydrogen-bond donors (Lipinski definition) is 0. The lowest BCUT2D eigenvalue weighted by molar-refractivity contribution is 0.794. The van der Waals surface area contributed by atoms with Crippen molar-refractivity contribution in [3.8, 4) is 57.6 Å². The highest BCUT2D eigenvalue weighted by Gasteiger charge is 2.52. The van der Waals surface area contributed by atoms with Crippen molar-refractivity contribution in [1.82, 2.24) is 24.1 Å². The number of aromatic nitrogens is 5. The van der Waals surface area contributed by atoms with Gasteiger partial charge < -0.3 is 4.57 Å². The van der Waals surface area contributed by atoms with Crippen LogP contribution in [0.5, 0.6) is 0 Å². The first-order valence-electron chi connectivity index (χ1n) is 21.7. The van der Waals surface area contributed by atoms with Gasteiger partial charge in [-0.2, -0.15) is 9.97 Å². The minimum absolute atomic E-state index is 0.505. The molecular formula is C59H37N5. The maximum Gasteiger partial charge on any atom is 0.238 e. The third-order valence-electron chi connectivity index (χ3n) is 13.5. The van der Waals surface area contributed by atoms with Gasteiger partial charge in [0.25, 0.3) is 0 Å². The molecule has 5 heteroatoms. The van der Waals surface area contributed by atoms with Crippen LogP contribution >= 0.6 is 0 Å². The zero-order chi connectivity index (χ0) is 42.5. The molecule has 2 aliphatic rings. The minimum atomic E-state index is -0.505. The van der Waals surface area contributed by atoms with Crippen molar-refractivity contribution < 1.29 is 0 Å². The lowest BCUT2D eigenvalue weighted by atomic mass is 9.70. The number of rotatable bonds is 5. The molecule has 64 heavy (non-hydrogen) atoms. The van der Waals surface area contributed by atoms with Gasteiger partial charge in [-0.15, -0.1) is 6.42 Å². The molecule has 2 aliphatic carbocycles. The smallest absolute Gasteiger partial charge is 0.238 e. The van der Waals surface area contributed by atoms with Gasteiger partial charge in [-0.3, -0.25) is 4.57 Å². The van der Waals surface area contributed by atoms with Crippen molar-refractivity contribution in [2.24, 2.45) is 0 Å². The predicted molar refractivity (Wildman–Crippen MR) is 262 cm³/mol. The highest BCUT2D eigenvalue weighted by atomic mass is 15.2. The molecule has 0 unspecified atom stereocenters. The fraction of sp³-hybridized carbons (Fsp3) is 0.0339. The van der Waals surface area contributed by atoms with E-state index in [1.807, 2.05) is 19.1 Å². The van der Waals surface area contributed by atoms with Crippen LogP contribution in [0.15, 0.2) is 200 Å². The molecule has 11 aromatic rings. The topological polar surface area (TPSA) is 48.5 Å². The molecule has 5 nitrogen and oxygen atoms in total. The summed E-state index contributed by atoms with van der Waals surface area (Å²) in [6.45, 7) is 1.99. The summed E-state index contributed by atoms with van der Waals surface area (Å²) in [5, 5.41) is 4.64. The third kappa shape index (κ3) is 4.77. The zero-order valence-corrected chi connectivity index (χ0v) is 34.9. The molecule has 8 aromatic carbocycles. The van der Waals surface area contributed by atoms with Crippen molar-refractivity contribution in [2.75, 3.05) is 0 Å². The summed E-state index contributed by atoms with van der Waals surface area (Å²) in [5.74, 6) is 4.33. The van der Waals surface area contributed by atoms with Crippen LogP contribution in [-0.4, -0.2) is 24.1 Å². The maximum absolute atomic E-state index is 5.79. The third-order valence-corrected chi connectivity index (χ3v) is 13.5. The molecule has 0 radical (unpaired) electrons. The normalized spacial score (nSPS) is 13.5. The summed E-state index contributed by atoms with van der Waals surface area (Å²) < 4.78 is 4.58. The van der Waals surface area contributed by atoms with E-state index in [-0.39, 0.29) is 0 Å². The van der Waals surface area contributed by atoms with E-state index in [0.29, 0.717) is 17.6 Å². The number of hydrogen-bond acceptors (Lipinski definition) is 3. The first kappa shape index (κ1) is 36.1. The SMILES string of the molecule is C#C/C=C\C(=C/C)c1nc(-c2cccc3c2-c2ccccc2C32c3ccccc3-c3ccccc32)nc(-n2c3ccccc3c3c4c5ccccc5n(-c5ccccc5)c4ccc32)n1. The molecule has 0 fully saturated rings. The highest BCUT2D eigenvalue weighted by Crippen LogP contribution is 2.63. The lowest BCUT2D eigenvalue weighted by Crippen LogP contribution is -2.25. The quantitative estimate of drug-likeness (QED) is 0.128. The van der Waals surface area contributed by atoms with Crippen molar-refractivity contribution in [3.05, 3.63) is 228 Å². The van der Waals surface area contributed by atoms with Crippen LogP contribution in [0.3, 0.4) is 0 Å². The molecule has 0 aliphatic heterocycles. The van der Waals surface area contributed by atoms with Crippen LogP contribution in [-0.2, 0) is 5.41 Å². The molecule has 0 saturated carbocycles. The second-order valence-electron chi connectivity index (χ2n) is 16.5. The number of benzene rings is 8. The van der Waals surface area contributed by atoms with Crippen LogP contribution in [0.1, 0.15) is 35.0 Å². The molecule has 0 atom stereocenters. The minimum Gasteiger partial charge on any atom is -0.309 e. The first-order chi connectivity index (χ1) is 31.7. The van der Waals surface area contributed by atoms with Crippen LogP contribution in [0.25, 0.3) is 94.5 Å².